The van der Waals surface area contributed by atoms with Gasteiger partial charge in [-0.2, -0.15) is 18.3 Å². The van der Waals surface area contributed by atoms with Crippen LogP contribution in [0.25, 0.3) is 0 Å². The first-order chi connectivity index (χ1) is 11.8. The molecule has 9 heteroatoms. The third-order valence-corrected chi connectivity index (χ3v) is 3.70. The largest absolute Gasteiger partial charge is 0.408 e. The third kappa shape index (κ3) is 6.64. The molecule has 25 heavy (non-hydrogen) atoms. The summed E-state index contributed by atoms with van der Waals surface area (Å²) in [4.78, 5) is 6.13. The highest BCUT2D eigenvalue weighted by Crippen LogP contribution is 2.19. The van der Waals surface area contributed by atoms with Crippen molar-refractivity contribution in [3.05, 3.63) is 46.5 Å². The molecule has 1 heterocycles. The molecule has 0 aliphatic carbocycles. The standard InChI is InChI=1S/C16H20ClF3N4O/c1-23(6-7-25-2)10-15-21-14(22-24(15)11-16(18,19)20)9-12-4-3-5-13(17)8-12/h3-5,8H,6-7,9-11H2,1-2H3. The number of rotatable bonds is 8. The smallest absolute Gasteiger partial charge is 0.383 e. The lowest BCUT2D eigenvalue weighted by Gasteiger charge is -2.16. The molecule has 0 N–H and O–H groups in total. The first-order valence-electron chi connectivity index (χ1n) is 7.68. The van der Waals surface area contributed by atoms with Crippen LogP contribution < -0.4 is 0 Å². The number of alkyl halides is 3. The predicted molar refractivity (Wildman–Crippen MR) is 88.5 cm³/mol. The van der Waals surface area contributed by atoms with Crippen molar-refractivity contribution in [1.82, 2.24) is 19.7 Å². The van der Waals surface area contributed by atoms with Crippen LogP contribution in [0.15, 0.2) is 24.3 Å². The summed E-state index contributed by atoms with van der Waals surface area (Å²) in [7, 11) is 3.37. The molecule has 2 aromatic rings. The molecule has 1 aromatic carbocycles. The van der Waals surface area contributed by atoms with E-state index in [0.29, 0.717) is 30.4 Å². The van der Waals surface area contributed by atoms with E-state index in [-0.39, 0.29) is 12.4 Å². The second-order valence-electron chi connectivity index (χ2n) is 5.75. The van der Waals surface area contributed by atoms with E-state index in [0.717, 1.165) is 10.2 Å². The SMILES string of the molecule is COCCN(C)Cc1nc(Cc2cccc(Cl)c2)nn1CC(F)(F)F. The number of likely N-dealkylation sites (N-methyl/N-ethyl adjacent to an activating group) is 1. The number of hydrogen-bond acceptors (Lipinski definition) is 4. The number of hydrogen-bond donors (Lipinski definition) is 0. The van der Waals surface area contributed by atoms with Gasteiger partial charge in [0.25, 0.3) is 0 Å². The highest BCUT2D eigenvalue weighted by molar-refractivity contribution is 6.30. The van der Waals surface area contributed by atoms with Crippen LogP contribution in [0, 0.1) is 0 Å². The lowest BCUT2D eigenvalue weighted by molar-refractivity contribution is -0.143. The monoisotopic (exact) mass is 376 g/mol. The van der Waals surface area contributed by atoms with E-state index in [2.05, 4.69) is 10.1 Å². The van der Waals surface area contributed by atoms with Crippen LogP contribution >= 0.6 is 11.6 Å². The Bertz CT molecular complexity index is 690. The normalized spacial score (nSPS) is 12.1. The Morgan fingerprint density at radius 1 is 1.32 bits per heavy atom. The summed E-state index contributed by atoms with van der Waals surface area (Å²) < 4.78 is 44.3. The van der Waals surface area contributed by atoms with Gasteiger partial charge in [-0.05, 0) is 24.7 Å². The van der Waals surface area contributed by atoms with Crippen LogP contribution in [0.2, 0.25) is 5.02 Å². The summed E-state index contributed by atoms with van der Waals surface area (Å²) in [5, 5.41) is 4.60. The summed E-state index contributed by atoms with van der Waals surface area (Å²) in [6.07, 6.45) is -4.04. The molecule has 0 bridgehead atoms. The summed E-state index contributed by atoms with van der Waals surface area (Å²) in [6, 6.07) is 7.10. The molecule has 0 aliphatic heterocycles. The molecule has 0 unspecified atom stereocenters. The topological polar surface area (TPSA) is 43.2 Å². The molecule has 0 spiro atoms. The van der Waals surface area contributed by atoms with Gasteiger partial charge in [0.15, 0.2) is 5.82 Å². The molecule has 0 saturated heterocycles. The van der Waals surface area contributed by atoms with Crippen molar-refractivity contribution in [1.29, 1.82) is 0 Å². The van der Waals surface area contributed by atoms with Crippen LogP contribution in [0.4, 0.5) is 13.2 Å². The first-order valence-corrected chi connectivity index (χ1v) is 8.06. The lowest BCUT2D eigenvalue weighted by Crippen LogP contribution is -2.27. The minimum Gasteiger partial charge on any atom is -0.383 e. The maximum atomic E-state index is 12.8. The molecule has 2 rings (SSSR count). The summed E-state index contributed by atoms with van der Waals surface area (Å²) in [5.74, 6) is 0.606. The predicted octanol–water partition coefficient (Wildman–Crippen LogP) is 3.16. The molecule has 138 valence electrons. The fourth-order valence-corrected chi connectivity index (χ4v) is 2.52. The average Bonchev–Trinajstić information content (AvgIpc) is 2.84. The van der Waals surface area contributed by atoms with Gasteiger partial charge in [0.2, 0.25) is 0 Å². The van der Waals surface area contributed by atoms with Gasteiger partial charge < -0.3 is 4.74 Å². The number of ether oxygens (including phenoxy) is 1. The van der Waals surface area contributed by atoms with Crippen molar-refractivity contribution in [3.8, 4) is 0 Å². The molecule has 5 nitrogen and oxygen atoms in total. The number of methoxy groups -OCH3 is 1. The Morgan fingerprint density at radius 3 is 2.72 bits per heavy atom. The van der Waals surface area contributed by atoms with Gasteiger partial charge in [-0.15, -0.1) is 0 Å². The zero-order valence-corrected chi connectivity index (χ0v) is 14.8. The van der Waals surface area contributed by atoms with E-state index < -0.39 is 12.7 Å². The van der Waals surface area contributed by atoms with Crippen molar-refractivity contribution >= 4 is 11.6 Å². The molecule has 0 aliphatic rings. The van der Waals surface area contributed by atoms with Crippen molar-refractivity contribution < 1.29 is 17.9 Å². The summed E-state index contributed by atoms with van der Waals surface area (Å²) in [5.41, 5.74) is 0.843. The highest BCUT2D eigenvalue weighted by Gasteiger charge is 2.30. The van der Waals surface area contributed by atoms with Gasteiger partial charge in [-0.25, -0.2) is 9.67 Å². The minimum atomic E-state index is -4.36. The van der Waals surface area contributed by atoms with Gasteiger partial charge in [-0.3, -0.25) is 4.90 Å². The fraction of sp³-hybridized carbons (Fsp3) is 0.500. The maximum absolute atomic E-state index is 12.8. The number of benzene rings is 1. The Balaban J connectivity index is 2.19. The van der Waals surface area contributed by atoms with E-state index in [1.165, 1.54) is 0 Å². The van der Waals surface area contributed by atoms with Gasteiger partial charge in [0, 0.05) is 25.1 Å². The molecule has 0 amide bonds. The molecule has 0 fully saturated rings. The lowest BCUT2D eigenvalue weighted by atomic mass is 10.1. The Labute approximate surface area is 149 Å². The van der Waals surface area contributed by atoms with E-state index in [4.69, 9.17) is 16.3 Å². The zero-order chi connectivity index (χ0) is 18.4. The van der Waals surface area contributed by atoms with Crippen molar-refractivity contribution in [2.45, 2.75) is 25.7 Å². The molecule has 0 saturated carbocycles. The molecule has 0 atom stereocenters. The van der Waals surface area contributed by atoms with Crippen molar-refractivity contribution in [3.63, 3.8) is 0 Å². The quantitative estimate of drug-likeness (QED) is 0.709. The first kappa shape index (κ1) is 19.7. The Morgan fingerprint density at radius 2 is 2.08 bits per heavy atom. The molecular formula is C16H20ClF3N4O. The molecular weight excluding hydrogens is 357 g/mol. The number of aromatic nitrogens is 3. The van der Waals surface area contributed by atoms with Crippen LogP contribution in [-0.2, 0) is 24.2 Å². The van der Waals surface area contributed by atoms with Crippen molar-refractivity contribution in [2.75, 3.05) is 27.3 Å². The second-order valence-corrected chi connectivity index (χ2v) is 6.19. The van der Waals surface area contributed by atoms with Gasteiger partial charge in [-0.1, -0.05) is 23.7 Å². The maximum Gasteiger partial charge on any atom is 0.408 e. The van der Waals surface area contributed by atoms with Gasteiger partial charge in [0.05, 0.1) is 13.2 Å². The van der Waals surface area contributed by atoms with Crippen LogP contribution in [0.1, 0.15) is 17.2 Å². The van der Waals surface area contributed by atoms with E-state index in [9.17, 15) is 13.2 Å². The van der Waals surface area contributed by atoms with Gasteiger partial charge in [0.1, 0.15) is 12.4 Å². The minimum absolute atomic E-state index is 0.252. The average molecular weight is 377 g/mol. The molecule has 0 radical (unpaired) electrons. The van der Waals surface area contributed by atoms with E-state index in [1.807, 2.05) is 11.0 Å². The summed E-state index contributed by atoms with van der Waals surface area (Å²) in [6.45, 7) is 0.156. The van der Waals surface area contributed by atoms with Crippen LogP contribution in [-0.4, -0.2) is 53.1 Å². The Kier molecular flexibility index (Phi) is 6.80. The summed E-state index contributed by atoms with van der Waals surface area (Å²) >= 11 is 5.94. The number of halogens is 4. The zero-order valence-electron chi connectivity index (χ0n) is 14.1. The van der Waals surface area contributed by atoms with Crippen LogP contribution in [0.5, 0.6) is 0 Å². The van der Waals surface area contributed by atoms with Gasteiger partial charge >= 0.3 is 6.18 Å². The highest BCUT2D eigenvalue weighted by atomic mass is 35.5. The second kappa shape index (κ2) is 8.64. The fourth-order valence-electron chi connectivity index (χ4n) is 2.31. The number of nitrogens with zero attached hydrogens (tertiary/aromatic N) is 4. The molecule has 1 aromatic heterocycles. The van der Waals surface area contributed by atoms with E-state index in [1.54, 1.807) is 32.4 Å². The van der Waals surface area contributed by atoms with Crippen LogP contribution in [0.3, 0.4) is 0 Å². The third-order valence-electron chi connectivity index (χ3n) is 3.46. The van der Waals surface area contributed by atoms with Crippen molar-refractivity contribution in [2.24, 2.45) is 0 Å². The Hall–Kier alpha value is -1.64. The van der Waals surface area contributed by atoms with E-state index >= 15 is 0 Å².